The van der Waals surface area contributed by atoms with Crippen LogP contribution in [0.15, 0.2) is 48.8 Å². The molecule has 0 aliphatic carbocycles. The van der Waals surface area contributed by atoms with Crippen LogP contribution in [0.4, 0.5) is 0 Å². The van der Waals surface area contributed by atoms with E-state index in [0.29, 0.717) is 12.3 Å². The van der Waals surface area contributed by atoms with Gasteiger partial charge in [0.25, 0.3) is 5.91 Å². The zero-order chi connectivity index (χ0) is 16.9. The first kappa shape index (κ1) is 16.1. The van der Waals surface area contributed by atoms with Gasteiger partial charge in [0.05, 0.1) is 0 Å². The van der Waals surface area contributed by atoms with Crippen molar-refractivity contribution in [2.45, 2.75) is 13.3 Å². The largest absolute Gasteiger partial charge is 0.484 e. The molecule has 0 radical (unpaired) electrons. The van der Waals surface area contributed by atoms with E-state index in [1.807, 2.05) is 48.9 Å². The molecule has 0 atom stereocenters. The first-order valence-electron chi connectivity index (χ1n) is 7.98. The van der Waals surface area contributed by atoms with Crippen LogP contribution >= 0.6 is 0 Å². The van der Waals surface area contributed by atoms with Gasteiger partial charge in [0.1, 0.15) is 11.4 Å². The SMILES string of the molecule is Cc1cccc(OCC(=O)NCCc2cn(C)c3ncccc23)c1. The summed E-state index contributed by atoms with van der Waals surface area (Å²) in [4.78, 5) is 16.3. The van der Waals surface area contributed by atoms with Gasteiger partial charge in [0.15, 0.2) is 6.61 Å². The van der Waals surface area contributed by atoms with E-state index < -0.39 is 0 Å². The van der Waals surface area contributed by atoms with E-state index in [1.54, 1.807) is 6.20 Å². The average Bonchev–Trinajstić information content (AvgIpc) is 2.90. The number of carbonyl (C=O) groups is 1. The molecule has 3 rings (SSSR count). The fourth-order valence-electron chi connectivity index (χ4n) is 2.73. The highest BCUT2D eigenvalue weighted by Gasteiger charge is 2.08. The van der Waals surface area contributed by atoms with Crippen LogP contribution in [-0.2, 0) is 18.3 Å². The second-order valence-corrected chi connectivity index (χ2v) is 5.84. The molecular weight excluding hydrogens is 302 g/mol. The van der Waals surface area contributed by atoms with Crippen molar-refractivity contribution in [3.8, 4) is 5.75 Å². The molecule has 3 aromatic rings. The number of aromatic nitrogens is 2. The summed E-state index contributed by atoms with van der Waals surface area (Å²) < 4.78 is 7.51. The second-order valence-electron chi connectivity index (χ2n) is 5.84. The molecule has 1 N–H and O–H groups in total. The zero-order valence-electron chi connectivity index (χ0n) is 14.0. The molecule has 2 heterocycles. The van der Waals surface area contributed by atoms with Crippen LogP contribution in [0, 0.1) is 6.92 Å². The summed E-state index contributed by atoms with van der Waals surface area (Å²) >= 11 is 0. The average molecular weight is 323 g/mol. The predicted octanol–water partition coefficient (Wildman–Crippen LogP) is 2.62. The second kappa shape index (κ2) is 7.17. The third kappa shape index (κ3) is 3.74. The molecule has 0 aliphatic rings. The van der Waals surface area contributed by atoms with Gasteiger partial charge in [-0.15, -0.1) is 0 Å². The Morgan fingerprint density at radius 3 is 3.00 bits per heavy atom. The normalized spacial score (nSPS) is 10.8. The van der Waals surface area contributed by atoms with Gasteiger partial charge in [-0.2, -0.15) is 0 Å². The maximum atomic E-state index is 11.9. The van der Waals surface area contributed by atoms with E-state index in [2.05, 4.69) is 22.6 Å². The number of aryl methyl sites for hydroxylation is 2. The van der Waals surface area contributed by atoms with Crippen molar-refractivity contribution in [1.82, 2.24) is 14.9 Å². The van der Waals surface area contributed by atoms with Crippen LogP contribution in [0.2, 0.25) is 0 Å². The van der Waals surface area contributed by atoms with E-state index >= 15 is 0 Å². The van der Waals surface area contributed by atoms with E-state index in [-0.39, 0.29) is 12.5 Å². The number of nitrogens with zero attached hydrogens (tertiary/aromatic N) is 2. The number of amides is 1. The Kier molecular flexibility index (Phi) is 4.79. The molecule has 0 bridgehead atoms. The van der Waals surface area contributed by atoms with Crippen molar-refractivity contribution in [3.63, 3.8) is 0 Å². The predicted molar refractivity (Wildman–Crippen MR) is 94.1 cm³/mol. The molecule has 0 saturated carbocycles. The van der Waals surface area contributed by atoms with Crippen LogP contribution in [-0.4, -0.2) is 28.6 Å². The Hall–Kier alpha value is -2.82. The number of ether oxygens (including phenoxy) is 1. The summed E-state index contributed by atoms with van der Waals surface area (Å²) in [5.74, 6) is 0.597. The van der Waals surface area contributed by atoms with Crippen molar-refractivity contribution in [1.29, 1.82) is 0 Å². The Bertz CT molecular complexity index is 855. The fourth-order valence-corrected chi connectivity index (χ4v) is 2.73. The van der Waals surface area contributed by atoms with Gasteiger partial charge in [0, 0.05) is 31.4 Å². The number of hydrogen-bond donors (Lipinski definition) is 1. The third-order valence-electron chi connectivity index (χ3n) is 3.89. The Balaban J connectivity index is 1.50. The maximum Gasteiger partial charge on any atom is 0.257 e. The standard InChI is InChI=1S/C19H21N3O2/c1-14-5-3-6-16(11-14)24-13-18(23)20-10-8-15-12-22(2)19-17(15)7-4-9-21-19/h3-7,9,11-12H,8,10,13H2,1-2H3,(H,20,23). The smallest absolute Gasteiger partial charge is 0.257 e. The molecule has 1 aromatic carbocycles. The molecule has 0 aliphatic heterocycles. The summed E-state index contributed by atoms with van der Waals surface area (Å²) in [5, 5.41) is 4.03. The Morgan fingerprint density at radius 1 is 1.29 bits per heavy atom. The summed E-state index contributed by atoms with van der Waals surface area (Å²) in [7, 11) is 1.98. The van der Waals surface area contributed by atoms with E-state index in [0.717, 1.165) is 23.0 Å². The van der Waals surface area contributed by atoms with Crippen molar-refractivity contribution in [2.24, 2.45) is 7.05 Å². The number of fused-ring (bicyclic) bond motifs is 1. The van der Waals surface area contributed by atoms with Crippen LogP contribution in [0.1, 0.15) is 11.1 Å². The van der Waals surface area contributed by atoms with Gasteiger partial charge in [-0.3, -0.25) is 4.79 Å². The number of rotatable bonds is 6. The summed E-state index contributed by atoms with van der Waals surface area (Å²) in [5.41, 5.74) is 3.25. The van der Waals surface area contributed by atoms with Gasteiger partial charge >= 0.3 is 0 Å². The molecule has 2 aromatic heterocycles. The monoisotopic (exact) mass is 323 g/mol. The van der Waals surface area contributed by atoms with Crippen molar-refractivity contribution in [3.05, 3.63) is 59.9 Å². The molecule has 24 heavy (non-hydrogen) atoms. The summed E-state index contributed by atoms with van der Waals surface area (Å²) in [6.45, 7) is 2.59. The highest BCUT2D eigenvalue weighted by molar-refractivity contribution is 5.80. The van der Waals surface area contributed by atoms with Gasteiger partial charge < -0.3 is 14.6 Å². The molecule has 124 valence electrons. The molecule has 5 heteroatoms. The quantitative estimate of drug-likeness (QED) is 0.759. The maximum absolute atomic E-state index is 11.9. The molecule has 1 amide bonds. The zero-order valence-corrected chi connectivity index (χ0v) is 14.0. The lowest BCUT2D eigenvalue weighted by Gasteiger charge is -2.07. The molecule has 0 unspecified atom stereocenters. The highest BCUT2D eigenvalue weighted by Crippen LogP contribution is 2.18. The third-order valence-corrected chi connectivity index (χ3v) is 3.89. The van der Waals surface area contributed by atoms with Crippen LogP contribution < -0.4 is 10.1 Å². The lowest BCUT2D eigenvalue weighted by molar-refractivity contribution is -0.123. The lowest BCUT2D eigenvalue weighted by Crippen LogP contribution is -2.30. The Morgan fingerprint density at radius 2 is 2.17 bits per heavy atom. The van der Waals surface area contributed by atoms with Gasteiger partial charge in [-0.05, 0) is 48.7 Å². The summed E-state index contributed by atoms with van der Waals surface area (Å²) in [6.07, 6.45) is 4.61. The van der Waals surface area contributed by atoms with Crippen LogP contribution in [0.3, 0.4) is 0 Å². The van der Waals surface area contributed by atoms with E-state index in [4.69, 9.17) is 4.74 Å². The topological polar surface area (TPSA) is 56.1 Å². The minimum absolute atomic E-state index is 0.0283. The molecular formula is C19H21N3O2. The molecule has 5 nitrogen and oxygen atoms in total. The van der Waals surface area contributed by atoms with Gasteiger partial charge in [0.2, 0.25) is 0 Å². The number of benzene rings is 1. The molecule has 0 spiro atoms. The number of pyridine rings is 1. The number of carbonyl (C=O) groups excluding carboxylic acids is 1. The van der Waals surface area contributed by atoms with Gasteiger partial charge in [-0.25, -0.2) is 4.98 Å². The summed E-state index contributed by atoms with van der Waals surface area (Å²) in [6, 6.07) is 11.7. The lowest BCUT2D eigenvalue weighted by atomic mass is 10.1. The molecule has 0 fully saturated rings. The van der Waals surface area contributed by atoms with Crippen LogP contribution in [0.25, 0.3) is 11.0 Å². The first-order chi connectivity index (χ1) is 11.6. The van der Waals surface area contributed by atoms with Crippen molar-refractivity contribution in [2.75, 3.05) is 13.2 Å². The van der Waals surface area contributed by atoms with E-state index in [1.165, 1.54) is 5.56 Å². The minimum atomic E-state index is -0.116. The Labute approximate surface area is 141 Å². The number of hydrogen-bond acceptors (Lipinski definition) is 3. The van der Waals surface area contributed by atoms with Crippen LogP contribution in [0.5, 0.6) is 5.75 Å². The van der Waals surface area contributed by atoms with E-state index in [9.17, 15) is 4.79 Å². The highest BCUT2D eigenvalue weighted by atomic mass is 16.5. The van der Waals surface area contributed by atoms with Gasteiger partial charge in [-0.1, -0.05) is 12.1 Å². The minimum Gasteiger partial charge on any atom is -0.484 e. The first-order valence-corrected chi connectivity index (χ1v) is 7.98. The molecule has 0 saturated heterocycles. The van der Waals surface area contributed by atoms with Crippen molar-refractivity contribution >= 4 is 16.9 Å². The fraction of sp³-hybridized carbons (Fsp3) is 0.263. The van der Waals surface area contributed by atoms with Crippen molar-refractivity contribution < 1.29 is 9.53 Å². The number of nitrogens with one attached hydrogen (secondary N) is 1.